The third kappa shape index (κ3) is 4.43. The van der Waals surface area contributed by atoms with Gasteiger partial charge in [0, 0.05) is 12.5 Å². The molecule has 5 heteroatoms. The molecular formula is C23H27NO4. The zero-order valence-electron chi connectivity index (χ0n) is 15.9. The summed E-state index contributed by atoms with van der Waals surface area (Å²) in [5.74, 6) is 0.105. The number of carboxylic acids is 1. The van der Waals surface area contributed by atoms with E-state index in [2.05, 4.69) is 17.6 Å². The van der Waals surface area contributed by atoms with Gasteiger partial charge in [0.05, 0.1) is 24.4 Å². The Morgan fingerprint density at radius 3 is 2.43 bits per heavy atom. The summed E-state index contributed by atoms with van der Waals surface area (Å²) in [6, 6.07) is 17.4. The number of benzene rings is 2. The average molecular weight is 381 g/mol. The van der Waals surface area contributed by atoms with Gasteiger partial charge in [-0.1, -0.05) is 42.5 Å². The number of nitrogens with one attached hydrogen (secondary N) is 1. The van der Waals surface area contributed by atoms with Gasteiger partial charge in [0.2, 0.25) is 0 Å². The number of hydroxylamine groups is 1. The van der Waals surface area contributed by atoms with Gasteiger partial charge in [-0.05, 0) is 54.9 Å². The largest absolute Gasteiger partial charge is 0.478 e. The first-order valence-electron chi connectivity index (χ1n) is 10.1. The Labute approximate surface area is 165 Å². The van der Waals surface area contributed by atoms with Crippen molar-refractivity contribution in [3.63, 3.8) is 0 Å². The van der Waals surface area contributed by atoms with Crippen LogP contribution in [0.5, 0.6) is 0 Å². The van der Waals surface area contributed by atoms with Crippen molar-refractivity contribution in [2.75, 3.05) is 6.54 Å². The second-order valence-electron chi connectivity index (χ2n) is 7.78. The van der Waals surface area contributed by atoms with Crippen molar-refractivity contribution in [1.29, 1.82) is 0 Å². The maximum atomic E-state index is 11.0. The Morgan fingerprint density at radius 2 is 1.71 bits per heavy atom. The van der Waals surface area contributed by atoms with Gasteiger partial charge in [0.15, 0.2) is 0 Å². The molecule has 2 aliphatic heterocycles. The summed E-state index contributed by atoms with van der Waals surface area (Å²) < 4.78 is 6.18. The molecule has 2 aliphatic rings. The van der Waals surface area contributed by atoms with Crippen LogP contribution in [0.15, 0.2) is 54.6 Å². The summed E-state index contributed by atoms with van der Waals surface area (Å²) in [5.41, 5.74) is 5.83. The third-order valence-corrected chi connectivity index (χ3v) is 6.06. The SMILES string of the molecule is O=C(O)c1ccc(CC[C@@H]2[C@H](CNOCc3ccccc3)[C@@H]3CC[C@H]2O3)cc1. The molecule has 28 heavy (non-hydrogen) atoms. The maximum absolute atomic E-state index is 11.0. The monoisotopic (exact) mass is 381 g/mol. The van der Waals surface area contributed by atoms with Gasteiger partial charge in [-0.3, -0.25) is 4.84 Å². The number of rotatable bonds is 9. The summed E-state index contributed by atoms with van der Waals surface area (Å²) in [6.45, 7) is 1.36. The minimum absolute atomic E-state index is 0.331. The molecule has 0 unspecified atom stereocenters. The molecule has 2 aromatic rings. The van der Waals surface area contributed by atoms with Crippen LogP contribution in [0.1, 0.15) is 40.7 Å². The Hall–Kier alpha value is -2.21. The molecule has 0 spiro atoms. The van der Waals surface area contributed by atoms with Gasteiger partial charge in [-0.2, -0.15) is 0 Å². The van der Waals surface area contributed by atoms with Crippen molar-refractivity contribution in [3.05, 3.63) is 71.3 Å². The van der Waals surface area contributed by atoms with E-state index in [1.165, 1.54) is 5.56 Å². The van der Waals surface area contributed by atoms with E-state index in [4.69, 9.17) is 14.7 Å². The number of aryl methyl sites for hydroxylation is 1. The number of aromatic carboxylic acids is 1. The first-order valence-corrected chi connectivity index (χ1v) is 10.1. The van der Waals surface area contributed by atoms with Crippen LogP contribution >= 0.6 is 0 Å². The van der Waals surface area contributed by atoms with Crippen molar-refractivity contribution in [2.24, 2.45) is 11.8 Å². The Bertz CT molecular complexity index is 777. The molecule has 4 rings (SSSR count). The molecule has 2 heterocycles. The van der Waals surface area contributed by atoms with Gasteiger partial charge in [-0.25, -0.2) is 10.3 Å². The summed E-state index contributed by atoms with van der Waals surface area (Å²) >= 11 is 0. The molecule has 2 N–H and O–H groups in total. The number of fused-ring (bicyclic) bond motifs is 2. The predicted molar refractivity (Wildman–Crippen MR) is 106 cm³/mol. The van der Waals surface area contributed by atoms with Gasteiger partial charge >= 0.3 is 5.97 Å². The fourth-order valence-corrected chi connectivity index (χ4v) is 4.56. The van der Waals surface area contributed by atoms with Crippen molar-refractivity contribution in [1.82, 2.24) is 5.48 Å². The Kier molecular flexibility index (Phi) is 6.05. The van der Waals surface area contributed by atoms with E-state index in [0.717, 1.165) is 37.8 Å². The molecule has 0 radical (unpaired) electrons. The van der Waals surface area contributed by atoms with E-state index < -0.39 is 5.97 Å². The quantitative estimate of drug-likeness (QED) is 0.510. The molecule has 2 saturated heterocycles. The molecule has 2 bridgehead atoms. The standard InChI is InChI=1S/C23H27NO4/c25-23(26)18-9-6-16(7-10-18)8-11-19-20(22-13-12-21(19)28-22)14-24-27-15-17-4-2-1-3-5-17/h1-7,9-10,19-22,24H,8,11-15H2,(H,25,26)/t19-,20+,21-,22+/m1/s1. The van der Waals surface area contributed by atoms with Crippen molar-refractivity contribution >= 4 is 5.97 Å². The highest BCUT2D eigenvalue weighted by atomic mass is 16.6. The molecule has 2 fully saturated rings. The third-order valence-electron chi connectivity index (χ3n) is 6.06. The van der Waals surface area contributed by atoms with Crippen LogP contribution < -0.4 is 5.48 Å². The molecule has 0 aromatic heterocycles. The number of carboxylic acid groups (broad SMARTS) is 1. The smallest absolute Gasteiger partial charge is 0.335 e. The molecule has 5 nitrogen and oxygen atoms in total. The van der Waals surface area contributed by atoms with E-state index in [1.54, 1.807) is 12.1 Å². The summed E-state index contributed by atoms with van der Waals surface area (Å²) in [6.07, 6.45) is 4.96. The summed E-state index contributed by atoms with van der Waals surface area (Å²) in [5, 5.41) is 9.02. The van der Waals surface area contributed by atoms with Crippen LogP contribution in [-0.2, 0) is 22.6 Å². The van der Waals surface area contributed by atoms with Gasteiger partial charge in [0.1, 0.15) is 0 Å². The lowest BCUT2D eigenvalue weighted by molar-refractivity contribution is 0.00846. The van der Waals surface area contributed by atoms with Gasteiger partial charge in [-0.15, -0.1) is 0 Å². The lowest BCUT2D eigenvalue weighted by atomic mass is 9.76. The van der Waals surface area contributed by atoms with E-state index >= 15 is 0 Å². The zero-order valence-corrected chi connectivity index (χ0v) is 15.9. The summed E-state index contributed by atoms with van der Waals surface area (Å²) in [4.78, 5) is 16.7. The lowest BCUT2D eigenvalue weighted by Crippen LogP contribution is -2.36. The Balaban J connectivity index is 1.27. The molecule has 2 aromatic carbocycles. The zero-order chi connectivity index (χ0) is 19.3. The maximum Gasteiger partial charge on any atom is 0.335 e. The minimum Gasteiger partial charge on any atom is -0.478 e. The number of hydrogen-bond donors (Lipinski definition) is 2. The molecule has 4 atom stereocenters. The normalized spacial score (nSPS) is 25.9. The first kappa shape index (κ1) is 19.1. The fraction of sp³-hybridized carbons (Fsp3) is 0.435. The topological polar surface area (TPSA) is 67.8 Å². The number of ether oxygens (including phenoxy) is 1. The van der Waals surface area contributed by atoms with Crippen LogP contribution in [0.3, 0.4) is 0 Å². The van der Waals surface area contributed by atoms with Crippen molar-refractivity contribution in [3.8, 4) is 0 Å². The van der Waals surface area contributed by atoms with E-state index in [0.29, 0.717) is 36.2 Å². The molecule has 0 amide bonds. The van der Waals surface area contributed by atoms with Gasteiger partial charge in [0.25, 0.3) is 0 Å². The highest BCUT2D eigenvalue weighted by molar-refractivity contribution is 5.87. The van der Waals surface area contributed by atoms with E-state index in [-0.39, 0.29) is 0 Å². The molecule has 0 aliphatic carbocycles. The van der Waals surface area contributed by atoms with Gasteiger partial charge < -0.3 is 9.84 Å². The molecule has 0 saturated carbocycles. The summed E-state index contributed by atoms with van der Waals surface area (Å²) in [7, 11) is 0. The van der Waals surface area contributed by atoms with Crippen LogP contribution in [0.2, 0.25) is 0 Å². The van der Waals surface area contributed by atoms with Crippen LogP contribution in [0.25, 0.3) is 0 Å². The lowest BCUT2D eigenvalue weighted by Gasteiger charge is -2.28. The highest BCUT2D eigenvalue weighted by Crippen LogP contribution is 2.45. The highest BCUT2D eigenvalue weighted by Gasteiger charge is 2.48. The minimum atomic E-state index is -0.880. The Morgan fingerprint density at radius 1 is 1.00 bits per heavy atom. The van der Waals surface area contributed by atoms with E-state index in [9.17, 15) is 4.79 Å². The average Bonchev–Trinajstić information content (AvgIpc) is 3.32. The molecular weight excluding hydrogens is 354 g/mol. The van der Waals surface area contributed by atoms with Crippen LogP contribution in [0, 0.1) is 11.8 Å². The van der Waals surface area contributed by atoms with E-state index in [1.807, 2.05) is 30.3 Å². The predicted octanol–water partition coefficient (Wildman–Crippen LogP) is 3.83. The van der Waals surface area contributed by atoms with Crippen LogP contribution in [-0.4, -0.2) is 29.8 Å². The second kappa shape index (κ2) is 8.86. The van der Waals surface area contributed by atoms with Crippen molar-refractivity contribution in [2.45, 2.75) is 44.5 Å². The number of carbonyl (C=O) groups is 1. The number of hydrogen-bond acceptors (Lipinski definition) is 4. The van der Waals surface area contributed by atoms with Crippen molar-refractivity contribution < 1.29 is 19.5 Å². The first-order chi connectivity index (χ1) is 13.7. The van der Waals surface area contributed by atoms with Crippen LogP contribution in [0.4, 0.5) is 0 Å². The second-order valence-corrected chi connectivity index (χ2v) is 7.78. The molecule has 148 valence electrons. The fourth-order valence-electron chi connectivity index (χ4n) is 4.56.